The molecule has 0 amide bonds. The number of pyridine rings is 1. The summed E-state index contributed by atoms with van der Waals surface area (Å²) < 4.78 is 7.45. The lowest BCUT2D eigenvalue weighted by Gasteiger charge is -2.02. The minimum Gasteiger partial charge on any atom is -0.497 e. The lowest BCUT2D eigenvalue weighted by atomic mass is 10.1. The number of ether oxygens (including phenoxy) is 1. The SMILES string of the molecule is CN.COc1ccc2c3ccnc(C)c3n(C)c2c1. The maximum Gasteiger partial charge on any atom is 0.120 e. The first-order chi connectivity index (χ1) is 9.22. The predicted octanol–water partition coefficient (Wildman–Crippen LogP) is 2.62. The third-order valence-corrected chi connectivity index (χ3v) is 3.30. The van der Waals surface area contributed by atoms with Crippen LogP contribution in [0.4, 0.5) is 0 Å². The average Bonchev–Trinajstić information content (AvgIpc) is 2.75. The number of hydrogen-bond donors (Lipinski definition) is 1. The summed E-state index contributed by atoms with van der Waals surface area (Å²) in [6, 6.07) is 8.24. The van der Waals surface area contributed by atoms with E-state index in [4.69, 9.17) is 4.74 Å². The van der Waals surface area contributed by atoms with Gasteiger partial charge in [0.05, 0.1) is 23.8 Å². The van der Waals surface area contributed by atoms with Crippen molar-refractivity contribution >= 4 is 21.8 Å². The molecule has 100 valence electrons. The molecule has 2 aromatic heterocycles. The number of rotatable bonds is 1. The highest BCUT2D eigenvalue weighted by atomic mass is 16.5. The first-order valence-corrected chi connectivity index (χ1v) is 6.18. The minimum absolute atomic E-state index is 0.883. The van der Waals surface area contributed by atoms with E-state index in [2.05, 4.69) is 40.5 Å². The third-order valence-electron chi connectivity index (χ3n) is 3.30. The van der Waals surface area contributed by atoms with E-state index >= 15 is 0 Å². The summed E-state index contributed by atoms with van der Waals surface area (Å²) in [7, 11) is 5.26. The van der Waals surface area contributed by atoms with Crippen LogP contribution in [0.5, 0.6) is 5.75 Å². The molecule has 0 fully saturated rings. The molecule has 2 heterocycles. The summed E-state index contributed by atoms with van der Waals surface area (Å²) >= 11 is 0. The van der Waals surface area contributed by atoms with E-state index in [-0.39, 0.29) is 0 Å². The number of fused-ring (bicyclic) bond motifs is 3. The zero-order valence-corrected chi connectivity index (χ0v) is 11.8. The van der Waals surface area contributed by atoms with Gasteiger partial charge in [-0.3, -0.25) is 4.98 Å². The highest BCUT2D eigenvalue weighted by Gasteiger charge is 2.10. The van der Waals surface area contributed by atoms with Crippen molar-refractivity contribution in [2.45, 2.75) is 6.92 Å². The fourth-order valence-electron chi connectivity index (χ4n) is 2.46. The molecule has 2 N–H and O–H groups in total. The van der Waals surface area contributed by atoms with Crippen LogP contribution in [0.15, 0.2) is 30.5 Å². The monoisotopic (exact) mass is 257 g/mol. The van der Waals surface area contributed by atoms with Gasteiger partial charge in [0.15, 0.2) is 0 Å². The lowest BCUT2D eigenvalue weighted by Crippen LogP contribution is -1.91. The molecular weight excluding hydrogens is 238 g/mol. The molecule has 0 radical (unpaired) electrons. The van der Waals surface area contributed by atoms with Crippen LogP contribution >= 0.6 is 0 Å². The summed E-state index contributed by atoms with van der Waals surface area (Å²) in [5.41, 5.74) is 7.92. The van der Waals surface area contributed by atoms with E-state index in [1.807, 2.05) is 19.2 Å². The fourth-order valence-corrected chi connectivity index (χ4v) is 2.46. The molecule has 4 nitrogen and oxygen atoms in total. The van der Waals surface area contributed by atoms with Crippen molar-refractivity contribution in [2.75, 3.05) is 14.2 Å². The Labute approximate surface area is 112 Å². The molecule has 19 heavy (non-hydrogen) atoms. The number of methoxy groups -OCH3 is 1. The predicted molar refractivity (Wildman–Crippen MR) is 79.6 cm³/mol. The Balaban J connectivity index is 0.000000637. The van der Waals surface area contributed by atoms with Gasteiger partial charge in [0, 0.05) is 30.1 Å². The molecule has 3 rings (SSSR count). The normalized spacial score (nSPS) is 10.4. The van der Waals surface area contributed by atoms with Gasteiger partial charge in [0.25, 0.3) is 0 Å². The summed E-state index contributed by atoms with van der Waals surface area (Å²) in [5.74, 6) is 0.883. The zero-order valence-electron chi connectivity index (χ0n) is 11.8. The standard InChI is InChI=1S/C14H14N2O.CH5N/c1-9-14-12(6-7-15-9)11-5-4-10(17-3)8-13(11)16(14)2;1-2/h4-8H,1-3H3;2H2,1H3. The van der Waals surface area contributed by atoms with Crippen LogP contribution in [-0.2, 0) is 7.05 Å². The third kappa shape index (κ3) is 2.04. The molecule has 0 aliphatic heterocycles. The second kappa shape index (κ2) is 5.28. The van der Waals surface area contributed by atoms with Crippen LogP contribution in [0.25, 0.3) is 21.8 Å². The van der Waals surface area contributed by atoms with Crippen LogP contribution in [0.1, 0.15) is 5.69 Å². The Morgan fingerprint density at radius 3 is 2.58 bits per heavy atom. The van der Waals surface area contributed by atoms with Gasteiger partial charge in [0.1, 0.15) is 5.75 Å². The molecule has 0 unspecified atom stereocenters. The van der Waals surface area contributed by atoms with Crippen LogP contribution in [0.3, 0.4) is 0 Å². The maximum atomic E-state index is 5.27. The van der Waals surface area contributed by atoms with Crippen LogP contribution in [0, 0.1) is 6.92 Å². The van der Waals surface area contributed by atoms with Crippen LogP contribution in [-0.4, -0.2) is 23.7 Å². The zero-order chi connectivity index (χ0) is 14.0. The van der Waals surface area contributed by atoms with Crippen LogP contribution < -0.4 is 10.5 Å². The van der Waals surface area contributed by atoms with Gasteiger partial charge in [0.2, 0.25) is 0 Å². The molecule has 0 saturated heterocycles. The Morgan fingerprint density at radius 1 is 1.16 bits per heavy atom. The van der Waals surface area contributed by atoms with E-state index in [1.54, 1.807) is 7.11 Å². The van der Waals surface area contributed by atoms with Crippen molar-refractivity contribution in [3.05, 3.63) is 36.2 Å². The number of hydrogen-bond acceptors (Lipinski definition) is 3. The first kappa shape index (κ1) is 13.4. The largest absolute Gasteiger partial charge is 0.497 e. The van der Waals surface area contributed by atoms with E-state index in [1.165, 1.54) is 28.9 Å². The van der Waals surface area contributed by atoms with Gasteiger partial charge in [-0.1, -0.05) is 0 Å². The molecule has 0 bridgehead atoms. The van der Waals surface area contributed by atoms with E-state index in [0.29, 0.717) is 0 Å². The second-order valence-electron chi connectivity index (χ2n) is 4.23. The number of aromatic nitrogens is 2. The Bertz CT molecular complexity index is 716. The van der Waals surface area contributed by atoms with Crippen molar-refractivity contribution in [1.29, 1.82) is 0 Å². The van der Waals surface area contributed by atoms with Gasteiger partial charge >= 0.3 is 0 Å². The van der Waals surface area contributed by atoms with Gasteiger partial charge in [-0.2, -0.15) is 0 Å². The molecule has 0 atom stereocenters. The smallest absolute Gasteiger partial charge is 0.120 e. The van der Waals surface area contributed by atoms with Crippen molar-refractivity contribution in [1.82, 2.24) is 9.55 Å². The van der Waals surface area contributed by atoms with E-state index < -0.39 is 0 Å². The number of benzene rings is 1. The first-order valence-electron chi connectivity index (χ1n) is 6.18. The lowest BCUT2D eigenvalue weighted by molar-refractivity contribution is 0.415. The minimum atomic E-state index is 0.883. The topological polar surface area (TPSA) is 53.1 Å². The van der Waals surface area contributed by atoms with Crippen molar-refractivity contribution in [2.24, 2.45) is 12.8 Å². The van der Waals surface area contributed by atoms with Crippen molar-refractivity contribution in [3.8, 4) is 5.75 Å². The van der Waals surface area contributed by atoms with E-state index in [9.17, 15) is 0 Å². The van der Waals surface area contributed by atoms with Crippen molar-refractivity contribution in [3.63, 3.8) is 0 Å². The molecular formula is C15H19N3O. The van der Waals surface area contributed by atoms with Gasteiger partial charge in [-0.05, 0) is 32.2 Å². The Kier molecular flexibility index (Phi) is 3.71. The van der Waals surface area contributed by atoms with Gasteiger partial charge in [-0.25, -0.2) is 0 Å². The van der Waals surface area contributed by atoms with Gasteiger partial charge < -0.3 is 15.0 Å². The number of aryl methyl sites for hydroxylation is 2. The molecule has 0 saturated carbocycles. The highest BCUT2D eigenvalue weighted by molar-refractivity contribution is 6.08. The van der Waals surface area contributed by atoms with Crippen LogP contribution in [0.2, 0.25) is 0 Å². The molecule has 4 heteroatoms. The average molecular weight is 257 g/mol. The Hall–Kier alpha value is -2.07. The fraction of sp³-hybridized carbons (Fsp3) is 0.267. The van der Waals surface area contributed by atoms with Crippen molar-refractivity contribution < 1.29 is 4.74 Å². The number of nitrogens with two attached hydrogens (primary N) is 1. The highest BCUT2D eigenvalue weighted by Crippen LogP contribution is 2.31. The molecule has 1 aromatic carbocycles. The molecule has 3 aromatic rings. The summed E-state index contributed by atoms with van der Waals surface area (Å²) in [6.45, 7) is 2.04. The molecule has 0 spiro atoms. The van der Waals surface area contributed by atoms with Gasteiger partial charge in [-0.15, -0.1) is 0 Å². The summed E-state index contributed by atoms with van der Waals surface area (Å²) in [5, 5.41) is 2.49. The quantitative estimate of drug-likeness (QED) is 0.729. The second-order valence-corrected chi connectivity index (χ2v) is 4.23. The molecule has 0 aliphatic rings. The van der Waals surface area contributed by atoms with E-state index in [0.717, 1.165) is 11.4 Å². The molecule has 0 aliphatic carbocycles. The maximum absolute atomic E-state index is 5.27. The summed E-state index contributed by atoms with van der Waals surface area (Å²) in [4.78, 5) is 4.35. The number of nitrogens with zero attached hydrogens (tertiary/aromatic N) is 2. The Morgan fingerprint density at radius 2 is 1.89 bits per heavy atom. The summed E-state index contributed by atoms with van der Waals surface area (Å²) in [6.07, 6.45) is 1.86.